The molecule has 0 saturated carbocycles. The molecule has 1 heterocycles. The van der Waals surface area contributed by atoms with Crippen LogP contribution >= 0.6 is 0 Å². The second kappa shape index (κ2) is 8.78. The van der Waals surface area contributed by atoms with Crippen LogP contribution in [0.25, 0.3) is 0 Å². The molecule has 1 atom stereocenters. The van der Waals surface area contributed by atoms with Gasteiger partial charge in [-0.25, -0.2) is 9.67 Å². The smallest absolute Gasteiger partial charge is 0.187 e. The van der Waals surface area contributed by atoms with Crippen molar-refractivity contribution < 1.29 is 9.53 Å². The van der Waals surface area contributed by atoms with E-state index in [1.54, 1.807) is 11.0 Å². The first-order valence-electron chi connectivity index (χ1n) is 8.46. The topological polar surface area (TPSA) is 57.0 Å². The SMILES string of the molecule is O=C(c1ccccc1)[C@H](CCCCOc1ccccc1)n1cncn1. The molecule has 5 nitrogen and oxygen atoms in total. The Kier molecular flexibility index (Phi) is 5.93. The fraction of sp³-hybridized carbons (Fsp3) is 0.250. The number of hydrogen-bond donors (Lipinski definition) is 0. The summed E-state index contributed by atoms with van der Waals surface area (Å²) in [5.41, 5.74) is 0.698. The van der Waals surface area contributed by atoms with Crippen molar-refractivity contribution in [1.82, 2.24) is 14.8 Å². The largest absolute Gasteiger partial charge is 0.494 e. The number of nitrogens with zero attached hydrogens (tertiary/aromatic N) is 3. The Morgan fingerprint density at radius 3 is 2.40 bits per heavy atom. The number of ether oxygens (including phenoxy) is 1. The van der Waals surface area contributed by atoms with Gasteiger partial charge in [0, 0.05) is 5.56 Å². The van der Waals surface area contributed by atoms with Crippen LogP contribution in [0.1, 0.15) is 35.7 Å². The summed E-state index contributed by atoms with van der Waals surface area (Å²) in [4.78, 5) is 16.8. The third-order valence-corrected chi connectivity index (χ3v) is 4.00. The molecule has 0 spiro atoms. The third-order valence-electron chi connectivity index (χ3n) is 4.00. The van der Waals surface area contributed by atoms with Crippen molar-refractivity contribution in [3.63, 3.8) is 0 Å². The van der Waals surface area contributed by atoms with Gasteiger partial charge in [0.2, 0.25) is 0 Å². The van der Waals surface area contributed by atoms with E-state index in [9.17, 15) is 4.79 Å². The monoisotopic (exact) mass is 335 g/mol. The van der Waals surface area contributed by atoms with Gasteiger partial charge in [-0.05, 0) is 31.4 Å². The van der Waals surface area contributed by atoms with Crippen LogP contribution in [0.15, 0.2) is 73.3 Å². The molecule has 0 saturated heterocycles. The van der Waals surface area contributed by atoms with Gasteiger partial charge in [0.1, 0.15) is 24.4 Å². The van der Waals surface area contributed by atoms with Crippen LogP contribution in [0.5, 0.6) is 5.75 Å². The van der Waals surface area contributed by atoms with Gasteiger partial charge in [-0.3, -0.25) is 4.79 Å². The molecule has 3 aromatic rings. The summed E-state index contributed by atoms with van der Waals surface area (Å²) in [5.74, 6) is 0.936. The summed E-state index contributed by atoms with van der Waals surface area (Å²) in [6.07, 6.45) is 5.52. The quantitative estimate of drug-likeness (QED) is 0.439. The van der Waals surface area contributed by atoms with E-state index in [-0.39, 0.29) is 11.8 Å². The lowest BCUT2D eigenvalue weighted by Crippen LogP contribution is -2.20. The van der Waals surface area contributed by atoms with Gasteiger partial charge in [-0.15, -0.1) is 0 Å². The molecule has 0 amide bonds. The molecule has 1 aromatic heterocycles. The lowest BCUT2D eigenvalue weighted by Gasteiger charge is -2.16. The molecule has 5 heteroatoms. The van der Waals surface area contributed by atoms with Crippen LogP contribution in [-0.2, 0) is 0 Å². The van der Waals surface area contributed by atoms with Gasteiger partial charge in [-0.2, -0.15) is 5.10 Å². The summed E-state index contributed by atoms with van der Waals surface area (Å²) < 4.78 is 7.35. The van der Waals surface area contributed by atoms with E-state index in [0.29, 0.717) is 18.6 Å². The highest BCUT2D eigenvalue weighted by atomic mass is 16.5. The van der Waals surface area contributed by atoms with Crippen molar-refractivity contribution in [3.8, 4) is 5.75 Å². The van der Waals surface area contributed by atoms with Crippen molar-refractivity contribution in [3.05, 3.63) is 78.9 Å². The van der Waals surface area contributed by atoms with Crippen molar-refractivity contribution in [1.29, 1.82) is 0 Å². The summed E-state index contributed by atoms with van der Waals surface area (Å²) in [7, 11) is 0. The predicted octanol–water partition coefficient (Wildman–Crippen LogP) is 3.95. The Labute approximate surface area is 147 Å². The molecule has 3 rings (SSSR count). The number of carbonyl (C=O) groups is 1. The van der Waals surface area contributed by atoms with Gasteiger partial charge in [-0.1, -0.05) is 48.5 Å². The number of rotatable bonds is 9. The lowest BCUT2D eigenvalue weighted by molar-refractivity contribution is 0.0907. The van der Waals surface area contributed by atoms with E-state index in [2.05, 4.69) is 10.1 Å². The fourth-order valence-corrected chi connectivity index (χ4v) is 2.70. The third kappa shape index (κ3) is 4.76. The Morgan fingerprint density at radius 2 is 1.72 bits per heavy atom. The van der Waals surface area contributed by atoms with Crippen molar-refractivity contribution in [2.24, 2.45) is 0 Å². The zero-order chi connectivity index (χ0) is 17.3. The second-order valence-corrected chi connectivity index (χ2v) is 5.78. The molecule has 0 bridgehead atoms. The number of benzene rings is 2. The highest BCUT2D eigenvalue weighted by Gasteiger charge is 2.22. The molecule has 0 unspecified atom stereocenters. The van der Waals surface area contributed by atoms with Gasteiger partial charge in [0.15, 0.2) is 5.78 Å². The van der Waals surface area contributed by atoms with E-state index in [1.165, 1.54) is 6.33 Å². The van der Waals surface area contributed by atoms with Gasteiger partial charge < -0.3 is 4.74 Å². The summed E-state index contributed by atoms with van der Waals surface area (Å²) >= 11 is 0. The van der Waals surface area contributed by atoms with Crippen LogP contribution in [-0.4, -0.2) is 27.2 Å². The van der Waals surface area contributed by atoms with Crippen LogP contribution in [0, 0.1) is 0 Å². The number of hydrogen-bond acceptors (Lipinski definition) is 4. The Balaban J connectivity index is 1.55. The molecule has 0 N–H and O–H groups in total. The van der Waals surface area contributed by atoms with E-state index in [1.807, 2.05) is 60.7 Å². The van der Waals surface area contributed by atoms with Crippen molar-refractivity contribution in [2.75, 3.05) is 6.61 Å². The Morgan fingerprint density at radius 1 is 1.00 bits per heavy atom. The number of unbranched alkanes of at least 4 members (excludes halogenated alkanes) is 1. The number of ketones is 1. The first-order chi connectivity index (χ1) is 12.3. The minimum absolute atomic E-state index is 0.0649. The van der Waals surface area contributed by atoms with E-state index in [0.717, 1.165) is 18.6 Å². The van der Waals surface area contributed by atoms with Crippen LogP contribution < -0.4 is 4.74 Å². The first kappa shape index (κ1) is 16.9. The molecule has 0 aliphatic carbocycles. The predicted molar refractivity (Wildman–Crippen MR) is 95.6 cm³/mol. The lowest BCUT2D eigenvalue weighted by atomic mass is 9.99. The summed E-state index contributed by atoms with van der Waals surface area (Å²) in [6, 6.07) is 18.8. The zero-order valence-electron chi connectivity index (χ0n) is 14.0. The number of para-hydroxylation sites is 1. The number of carbonyl (C=O) groups excluding carboxylic acids is 1. The maximum Gasteiger partial charge on any atom is 0.187 e. The molecule has 0 fully saturated rings. The minimum Gasteiger partial charge on any atom is -0.494 e. The first-order valence-corrected chi connectivity index (χ1v) is 8.46. The van der Waals surface area contributed by atoms with Crippen LogP contribution in [0.2, 0.25) is 0 Å². The molecule has 0 aliphatic heterocycles. The van der Waals surface area contributed by atoms with E-state index < -0.39 is 0 Å². The van der Waals surface area contributed by atoms with E-state index >= 15 is 0 Å². The van der Waals surface area contributed by atoms with Crippen LogP contribution in [0.3, 0.4) is 0 Å². The minimum atomic E-state index is -0.332. The number of Topliss-reactive ketones (excluding diaryl/α,β-unsaturated/α-hetero) is 1. The van der Waals surface area contributed by atoms with Gasteiger partial charge in [0.25, 0.3) is 0 Å². The molecular formula is C20H21N3O2. The van der Waals surface area contributed by atoms with Gasteiger partial charge >= 0.3 is 0 Å². The zero-order valence-corrected chi connectivity index (χ0v) is 14.0. The summed E-state index contributed by atoms with van der Waals surface area (Å²) in [5, 5.41) is 4.16. The maximum atomic E-state index is 12.8. The highest BCUT2D eigenvalue weighted by Crippen LogP contribution is 2.20. The van der Waals surface area contributed by atoms with Crippen molar-refractivity contribution in [2.45, 2.75) is 25.3 Å². The highest BCUT2D eigenvalue weighted by molar-refractivity contribution is 5.98. The fourth-order valence-electron chi connectivity index (χ4n) is 2.70. The van der Waals surface area contributed by atoms with Crippen molar-refractivity contribution >= 4 is 5.78 Å². The molecule has 0 radical (unpaired) electrons. The second-order valence-electron chi connectivity index (χ2n) is 5.78. The molecule has 128 valence electrons. The molecular weight excluding hydrogens is 314 g/mol. The molecule has 2 aromatic carbocycles. The Hall–Kier alpha value is -2.95. The average Bonchev–Trinajstić information content (AvgIpc) is 3.20. The number of aromatic nitrogens is 3. The van der Waals surface area contributed by atoms with Crippen LogP contribution in [0.4, 0.5) is 0 Å². The Bertz CT molecular complexity index is 758. The maximum absolute atomic E-state index is 12.8. The van der Waals surface area contributed by atoms with Gasteiger partial charge in [0.05, 0.1) is 6.61 Å². The average molecular weight is 335 g/mol. The standard InChI is InChI=1S/C20H21N3O2/c24-20(17-9-3-1-4-10-17)19(23-16-21-15-22-23)13-7-8-14-25-18-11-5-2-6-12-18/h1-6,9-12,15-16,19H,7-8,13-14H2/t19-/m0/s1. The molecule has 25 heavy (non-hydrogen) atoms. The van der Waals surface area contributed by atoms with E-state index in [4.69, 9.17) is 4.74 Å². The molecule has 0 aliphatic rings. The summed E-state index contributed by atoms with van der Waals surface area (Å²) in [6.45, 7) is 0.633. The normalized spacial score (nSPS) is 11.8.